The first-order valence-electron chi connectivity index (χ1n) is 6.19. The lowest BCUT2D eigenvalue weighted by molar-refractivity contribution is 0.415. The molecule has 2 rings (SSSR count). The molecule has 0 aliphatic heterocycles. The summed E-state index contributed by atoms with van der Waals surface area (Å²) in [6.07, 6.45) is 0. The topological polar surface area (TPSA) is 47.3 Å². The molecule has 3 nitrogen and oxygen atoms in total. The quantitative estimate of drug-likeness (QED) is 0.886. The average Bonchev–Trinajstić information content (AvgIpc) is 2.44. The van der Waals surface area contributed by atoms with E-state index in [-0.39, 0.29) is 11.9 Å². The summed E-state index contributed by atoms with van der Waals surface area (Å²) in [6.45, 7) is 0.325. The van der Waals surface area contributed by atoms with E-state index in [1.54, 1.807) is 13.2 Å². The van der Waals surface area contributed by atoms with Crippen LogP contribution in [-0.2, 0) is 0 Å². The molecule has 1 atom stereocenters. The molecule has 0 fully saturated rings. The van der Waals surface area contributed by atoms with E-state index in [0.717, 1.165) is 11.4 Å². The zero-order chi connectivity index (χ0) is 14.5. The van der Waals surface area contributed by atoms with Crippen molar-refractivity contribution in [1.29, 1.82) is 0 Å². The summed E-state index contributed by atoms with van der Waals surface area (Å²) in [6, 6.07) is 11.6. The second-order valence-corrected chi connectivity index (χ2v) is 4.80. The lowest BCUT2D eigenvalue weighted by Gasteiger charge is -2.19. The van der Waals surface area contributed by atoms with Crippen molar-refractivity contribution in [2.24, 2.45) is 5.73 Å². The highest BCUT2D eigenvalue weighted by molar-refractivity contribution is 6.30. The van der Waals surface area contributed by atoms with Gasteiger partial charge in [-0.05, 0) is 48.0 Å². The molecule has 2 aromatic carbocycles. The first-order valence-corrected chi connectivity index (χ1v) is 6.57. The predicted molar refractivity (Wildman–Crippen MR) is 79.8 cm³/mol. The van der Waals surface area contributed by atoms with Gasteiger partial charge < -0.3 is 15.8 Å². The van der Waals surface area contributed by atoms with E-state index in [9.17, 15) is 4.39 Å². The molecule has 0 saturated carbocycles. The maximum absolute atomic E-state index is 13.4. The molecule has 5 heteroatoms. The molecule has 0 heterocycles. The van der Waals surface area contributed by atoms with Crippen LogP contribution >= 0.6 is 11.6 Å². The fraction of sp³-hybridized carbons (Fsp3) is 0.200. The first kappa shape index (κ1) is 14.6. The Balaban J connectivity index is 2.19. The summed E-state index contributed by atoms with van der Waals surface area (Å²) in [4.78, 5) is 0. The summed E-state index contributed by atoms with van der Waals surface area (Å²) in [7, 11) is 1.61. The van der Waals surface area contributed by atoms with Gasteiger partial charge in [0.1, 0.15) is 11.6 Å². The molecule has 0 amide bonds. The number of hydrogen-bond donors (Lipinski definition) is 2. The molecule has 20 heavy (non-hydrogen) atoms. The number of hydrogen-bond acceptors (Lipinski definition) is 3. The van der Waals surface area contributed by atoms with Crippen molar-refractivity contribution >= 4 is 17.3 Å². The molecule has 0 aromatic heterocycles. The number of anilines is 1. The highest BCUT2D eigenvalue weighted by Gasteiger charge is 2.11. The van der Waals surface area contributed by atoms with Gasteiger partial charge in [-0.3, -0.25) is 0 Å². The van der Waals surface area contributed by atoms with Crippen molar-refractivity contribution in [2.45, 2.75) is 6.04 Å². The number of nitrogens with one attached hydrogen (secondary N) is 1. The van der Waals surface area contributed by atoms with Gasteiger partial charge in [-0.2, -0.15) is 0 Å². The lowest BCUT2D eigenvalue weighted by Crippen LogP contribution is -2.20. The molecule has 3 N–H and O–H groups in total. The van der Waals surface area contributed by atoms with E-state index < -0.39 is 0 Å². The minimum atomic E-state index is -0.373. The highest BCUT2D eigenvalue weighted by Crippen LogP contribution is 2.24. The standard InChI is InChI=1S/C15H16ClFN2O/c1-20-14-4-2-13(3-5-14)19-15(9-18)10-6-11(16)8-12(17)7-10/h2-8,15,19H,9,18H2,1H3. The van der Waals surface area contributed by atoms with Crippen LogP contribution in [0.1, 0.15) is 11.6 Å². The number of rotatable bonds is 5. The zero-order valence-corrected chi connectivity index (χ0v) is 11.8. The summed E-state index contributed by atoms with van der Waals surface area (Å²) >= 11 is 5.87. The Kier molecular flexibility index (Phi) is 4.82. The predicted octanol–water partition coefficient (Wildman–Crippen LogP) is 3.60. The third-order valence-electron chi connectivity index (χ3n) is 2.95. The van der Waals surface area contributed by atoms with Crippen LogP contribution in [0.15, 0.2) is 42.5 Å². The van der Waals surface area contributed by atoms with Gasteiger partial charge in [-0.1, -0.05) is 11.6 Å². The van der Waals surface area contributed by atoms with Crippen molar-refractivity contribution in [3.63, 3.8) is 0 Å². The zero-order valence-electron chi connectivity index (χ0n) is 11.1. The van der Waals surface area contributed by atoms with E-state index in [0.29, 0.717) is 17.1 Å². The van der Waals surface area contributed by atoms with Crippen molar-refractivity contribution in [1.82, 2.24) is 0 Å². The van der Waals surface area contributed by atoms with Crippen LogP contribution in [0, 0.1) is 5.82 Å². The van der Waals surface area contributed by atoms with Gasteiger partial charge in [0.25, 0.3) is 0 Å². The van der Waals surface area contributed by atoms with E-state index in [4.69, 9.17) is 22.1 Å². The van der Waals surface area contributed by atoms with Gasteiger partial charge >= 0.3 is 0 Å². The van der Waals surface area contributed by atoms with Gasteiger partial charge in [0.2, 0.25) is 0 Å². The third kappa shape index (κ3) is 3.62. The smallest absolute Gasteiger partial charge is 0.125 e. The Labute approximate surface area is 122 Å². The SMILES string of the molecule is COc1ccc(NC(CN)c2cc(F)cc(Cl)c2)cc1. The Bertz CT molecular complexity index is 554. The van der Waals surface area contributed by atoms with Crippen LogP contribution in [0.4, 0.5) is 10.1 Å². The first-order chi connectivity index (χ1) is 9.62. The van der Waals surface area contributed by atoms with Crippen LogP contribution in [0.2, 0.25) is 5.02 Å². The van der Waals surface area contributed by atoms with E-state index in [2.05, 4.69) is 5.32 Å². The molecular formula is C15H16ClFN2O. The molecule has 1 unspecified atom stereocenters. The number of benzene rings is 2. The van der Waals surface area contributed by atoms with Gasteiger partial charge in [-0.25, -0.2) is 4.39 Å². The normalized spacial score (nSPS) is 12.0. The van der Waals surface area contributed by atoms with Gasteiger partial charge in [-0.15, -0.1) is 0 Å². The summed E-state index contributed by atoms with van der Waals surface area (Å²) in [5.74, 6) is 0.399. The monoisotopic (exact) mass is 294 g/mol. The van der Waals surface area contributed by atoms with E-state index in [1.807, 2.05) is 24.3 Å². The fourth-order valence-corrected chi connectivity index (χ4v) is 2.17. The molecule has 0 spiro atoms. The van der Waals surface area contributed by atoms with Crippen molar-refractivity contribution in [2.75, 3.05) is 19.0 Å². The minimum Gasteiger partial charge on any atom is -0.497 e. The highest BCUT2D eigenvalue weighted by atomic mass is 35.5. The third-order valence-corrected chi connectivity index (χ3v) is 3.17. The maximum Gasteiger partial charge on any atom is 0.125 e. The van der Waals surface area contributed by atoms with Crippen LogP contribution < -0.4 is 15.8 Å². The number of methoxy groups -OCH3 is 1. The average molecular weight is 295 g/mol. The molecule has 0 aliphatic rings. The number of nitrogens with two attached hydrogens (primary N) is 1. The Morgan fingerprint density at radius 2 is 1.95 bits per heavy atom. The van der Waals surface area contributed by atoms with Crippen molar-refractivity contribution in [3.05, 3.63) is 58.9 Å². The lowest BCUT2D eigenvalue weighted by atomic mass is 10.1. The van der Waals surface area contributed by atoms with Crippen LogP contribution in [0.25, 0.3) is 0 Å². The Hall–Kier alpha value is -1.78. The van der Waals surface area contributed by atoms with E-state index in [1.165, 1.54) is 12.1 Å². The molecule has 106 valence electrons. The summed E-state index contributed by atoms with van der Waals surface area (Å²) in [5.41, 5.74) is 7.35. The van der Waals surface area contributed by atoms with Crippen LogP contribution in [-0.4, -0.2) is 13.7 Å². The summed E-state index contributed by atoms with van der Waals surface area (Å²) in [5, 5.41) is 3.60. The number of halogens is 2. The molecule has 0 radical (unpaired) electrons. The van der Waals surface area contributed by atoms with E-state index >= 15 is 0 Å². The van der Waals surface area contributed by atoms with Crippen molar-refractivity contribution < 1.29 is 9.13 Å². The Morgan fingerprint density at radius 1 is 1.25 bits per heavy atom. The van der Waals surface area contributed by atoms with Crippen molar-refractivity contribution in [3.8, 4) is 5.75 Å². The minimum absolute atomic E-state index is 0.211. The largest absolute Gasteiger partial charge is 0.497 e. The van der Waals surface area contributed by atoms with Gasteiger partial charge in [0, 0.05) is 17.3 Å². The fourth-order valence-electron chi connectivity index (χ4n) is 1.94. The van der Waals surface area contributed by atoms with Gasteiger partial charge in [0.15, 0.2) is 0 Å². The van der Waals surface area contributed by atoms with Crippen LogP contribution in [0.3, 0.4) is 0 Å². The molecule has 0 aliphatic carbocycles. The van der Waals surface area contributed by atoms with Gasteiger partial charge in [0.05, 0.1) is 13.2 Å². The molecule has 2 aromatic rings. The number of ether oxygens (including phenoxy) is 1. The van der Waals surface area contributed by atoms with Crippen LogP contribution in [0.5, 0.6) is 5.75 Å². The Morgan fingerprint density at radius 3 is 2.50 bits per heavy atom. The second-order valence-electron chi connectivity index (χ2n) is 4.36. The molecular weight excluding hydrogens is 279 g/mol. The molecule has 0 bridgehead atoms. The molecule has 0 saturated heterocycles. The summed E-state index contributed by atoms with van der Waals surface area (Å²) < 4.78 is 18.5. The second kappa shape index (κ2) is 6.59. The maximum atomic E-state index is 13.4.